The van der Waals surface area contributed by atoms with Crippen molar-refractivity contribution in [3.05, 3.63) is 29.8 Å². The van der Waals surface area contributed by atoms with Crippen LogP contribution < -0.4 is 10.1 Å². The van der Waals surface area contributed by atoms with Gasteiger partial charge >= 0.3 is 6.18 Å². The van der Waals surface area contributed by atoms with E-state index in [1.807, 2.05) is 0 Å². The van der Waals surface area contributed by atoms with Crippen LogP contribution in [0.15, 0.2) is 18.3 Å². The van der Waals surface area contributed by atoms with Gasteiger partial charge in [-0.3, -0.25) is 19.6 Å². The van der Waals surface area contributed by atoms with Crippen molar-refractivity contribution >= 4 is 11.8 Å². The molecule has 5 rings (SSSR count). The number of halogens is 5. The Morgan fingerprint density at radius 1 is 1.10 bits per heavy atom. The molecule has 3 fully saturated rings. The van der Waals surface area contributed by atoms with Crippen LogP contribution in [-0.2, 0) is 4.79 Å². The highest BCUT2D eigenvalue weighted by Gasteiger charge is 2.49. The van der Waals surface area contributed by atoms with Crippen LogP contribution in [0.25, 0.3) is 11.3 Å². The first-order valence-corrected chi connectivity index (χ1v) is 14.1. The van der Waals surface area contributed by atoms with Gasteiger partial charge in [-0.05, 0) is 58.4 Å². The maximum Gasteiger partial charge on any atom is 0.404 e. The minimum absolute atomic E-state index is 0.0844. The molecule has 14 heteroatoms. The number of H-pyrrole nitrogens is 1. The lowest BCUT2D eigenvalue weighted by molar-refractivity contribution is -0.196. The summed E-state index contributed by atoms with van der Waals surface area (Å²) in [6.07, 6.45) is -1.27. The number of methoxy groups -OCH3 is 1. The highest BCUT2D eigenvalue weighted by Crippen LogP contribution is 2.40. The molecule has 0 saturated carbocycles. The number of carbonyl (C=O) groups is 2. The third kappa shape index (κ3) is 6.37. The Bertz CT molecular complexity index is 1300. The summed E-state index contributed by atoms with van der Waals surface area (Å²) in [5.41, 5.74) is -1.24. The zero-order valence-corrected chi connectivity index (χ0v) is 23.7. The fourth-order valence-corrected chi connectivity index (χ4v) is 6.67. The summed E-state index contributed by atoms with van der Waals surface area (Å²) in [6, 6.07) is 0.207. The Morgan fingerprint density at radius 2 is 1.79 bits per heavy atom. The van der Waals surface area contributed by atoms with Crippen LogP contribution in [-0.4, -0.2) is 93.0 Å². The second kappa shape index (κ2) is 11.4. The molecule has 5 heterocycles. The maximum atomic E-state index is 14.4. The number of aromatic nitrogens is 3. The number of nitrogens with one attached hydrogen (secondary N) is 2. The van der Waals surface area contributed by atoms with E-state index in [-0.39, 0.29) is 67.0 Å². The summed E-state index contributed by atoms with van der Waals surface area (Å²) in [7, 11) is 1.41. The number of hydrogen-bond donors (Lipinski definition) is 2. The zero-order chi connectivity index (χ0) is 30.4. The SMILES string of the molecule is COc1cc(-c2cc(C(=O)N3[C@@H]4CC[C@H]3CC(C(=O)N[C@@H]3CC[C@@H](C(F)(F)F)N(CC(C)(C)F)C3)C4)n[nH]2)c(F)cn1. The van der Waals surface area contributed by atoms with Gasteiger partial charge in [-0.25, -0.2) is 13.8 Å². The molecule has 2 aromatic rings. The predicted octanol–water partition coefficient (Wildman–Crippen LogP) is 4.26. The number of nitrogens with zero attached hydrogens (tertiary/aromatic N) is 4. The number of likely N-dealkylation sites (tertiary alicyclic amines) is 1. The number of rotatable bonds is 7. The van der Waals surface area contributed by atoms with E-state index in [4.69, 9.17) is 4.74 Å². The first kappa shape index (κ1) is 30.2. The minimum Gasteiger partial charge on any atom is -0.481 e. The average Bonchev–Trinajstić information content (AvgIpc) is 3.49. The van der Waals surface area contributed by atoms with Crippen molar-refractivity contribution in [2.45, 2.75) is 88.4 Å². The monoisotopic (exact) mass is 598 g/mol. The van der Waals surface area contributed by atoms with Gasteiger partial charge in [0.2, 0.25) is 11.8 Å². The molecular formula is C28H35F5N6O3. The molecule has 0 aromatic carbocycles. The molecule has 9 nitrogen and oxygen atoms in total. The quantitative estimate of drug-likeness (QED) is 0.462. The molecule has 3 saturated heterocycles. The summed E-state index contributed by atoms with van der Waals surface area (Å²) in [6.45, 7) is 2.01. The molecule has 2 amide bonds. The van der Waals surface area contributed by atoms with Crippen molar-refractivity contribution in [2.24, 2.45) is 5.92 Å². The van der Waals surface area contributed by atoms with Crippen LogP contribution in [0.5, 0.6) is 5.88 Å². The van der Waals surface area contributed by atoms with E-state index in [2.05, 4.69) is 20.5 Å². The van der Waals surface area contributed by atoms with Crippen molar-refractivity contribution in [1.82, 2.24) is 30.3 Å². The van der Waals surface area contributed by atoms with Crippen molar-refractivity contribution in [2.75, 3.05) is 20.2 Å². The van der Waals surface area contributed by atoms with E-state index in [1.54, 1.807) is 4.90 Å². The third-order valence-electron chi connectivity index (χ3n) is 8.45. The van der Waals surface area contributed by atoms with Gasteiger partial charge in [0.05, 0.1) is 19.0 Å². The number of piperidine rings is 2. The van der Waals surface area contributed by atoms with Gasteiger partial charge in [0.15, 0.2) is 11.5 Å². The predicted molar refractivity (Wildman–Crippen MR) is 142 cm³/mol. The van der Waals surface area contributed by atoms with Gasteiger partial charge in [0.1, 0.15) is 11.7 Å². The summed E-state index contributed by atoms with van der Waals surface area (Å²) >= 11 is 0. The van der Waals surface area contributed by atoms with Crippen LogP contribution in [0.3, 0.4) is 0 Å². The van der Waals surface area contributed by atoms with Crippen LogP contribution >= 0.6 is 0 Å². The number of alkyl halides is 4. The highest BCUT2D eigenvalue weighted by molar-refractivity contribution is 5.94. The molecule has 5 atom stereocenters. The molecule has 230 valence electrons. The van der Waals surface area contributed by atoms with Crippen LogP contribution in [0.1, 0.15) is 62.9 Å². The van der Waals surface area contributed by atoms with E-state index < -0.39 is 35.7 Å². The smallest absolute Gasteiger partial charge is 0.404 e. The summed E-state index contributed by atoms with van der Waals surface area (Å²) < 4.78 is 74.5. The maximum absolute atomic E-state index is 14.4. The summed E-state index contributed by atoms with van der Waals surface area (Å²) in [5, 5.41) is 9.73. The number of aromatic amines is 1. The lowest BCUT2D eigenvalue weighted by atomic mass is 9.88. The minimum atomic E-state index is -4.48. The average molecular weight is 599 g/mol. The van der Waals surface area contributed by atoms with Gasteiger partial charge < -0.3 is 15.0 Å². The number of fused-ring (bicyclic) bond motifs is 2. The second-order valence-electron chi connectivity index (χ2n) is 12.1. The van der Waals surface area contributed by atoms with E-state index in [0.29, 0.717) is 31.4 Å². The summed E-state index contributed by atoms with van der Waals surface area (Å²) in [5.74, 6) is -1.36. The first-order valence-electron chi connectivity index (χ1n) is 14.1. The molecule has 42 heavy (non-hydrogen) atoms. The van der Waals surface area contributed by atoms with Crippen molar-refractivity contribution in [1.29, 1.82) is 0 Å². The van der Waals surface area contributed by atoms with E-state index >= 15 is 0 Å². The molecule has 2 N–H and O–H groups in total. The Morgan fingerprint density at radius 3 is 2.40 bits per heavy atom. The lowest BCUT2D eigenvalue weighted by Gasteiger charge is -2.43. The van der Waals surface area contributed by atoms with Gasteiger partial charge in [-0.15, -0.1) is 0 Å². The van der Waals surface area contributed by atoms with Gasteiger partial charge in [0, 0.05) is 48.8 Å². The molecule has 0 spiro atoms. The first-order chi connectivity index (χ1) is 19.7. The molecule has 2 bridgehead atoms. The van der Waals surface area contributed by atoms with Crippen LogP contribution in [0.4, 0.5) is 22.0 Å². The second-order valence-corrected chi connectivity index (χ2v) is 12.1. The molecule has 2 aromatic heterocycles. The molecule has 0 aliphatic carbocycles. The van der Waals surface area contributed by atoms with Gasteiger partial charge in [-0.2, -0.15) is 18.3 Å². The van der Waals surface area contributed by atoms with Crippen molar-refractivity contribution in [3.63, 3.8) is 0 Å². The Labute approximate surface area is 240 Å². The van der Waals surface area contributed by atoms with Crippen LogP contribution in [0, 0.1) is 11.7 Å². The topological polar surface area (TPSA) is 103 Å². The fourth-order valence-electron chi connectivity index (χ4n) is 6.67. The molecule has 1 unspecified atom stereocenters. The Balaban J connectivity index is 1.22. The number of hydrogen-bond acceptors (Lipinski definition) is 6. The largest absolute Gasteiger partial charge is 0.481 e. The Kier molecular flexibility index (Phi) is 8.20. The lowest BCUT2D eigenvalue weighted by Crippen LogP contribution is -2.59. The summed E-state index contributed by atoms with van der Waals surface area (Å²) in [4.78, 5) is 33.3. The molecule has 0 radical (unpaired) electrons. The highest BCUT2D eigenvalue weighted by atomic mass is 19.4. The number of pyridine rings is 1. The molecule has 3 aliphatic heterocycles. The number of ether oxygens (including phenoxy) is 1. The van der Waals surface area contributed by atoms with E-state index in [1.165, 1.54) is 33.1 Å². The standard InChI is InChI=1S/C28H35F5N6O3/c1-27(2,30)14-38-13-16(4-7-23(38)28(31,32)33)35-25(40)15-8-17-5-6-18(9-15)39(17)26(41)22-11-21(36-37-22)19-10-24(42-3)34-12-20(19)29/h10-12,15-18,23H,4-9,13-14H2,1-3H3,(H,35,40)(H,36,37)/t15?,16-,17-,18+,23+/m1/s1. The van der Waals surface area contributed by atoms with E-state index in [9.17, 15) is 31.5 Å². The third-order valence-corrected chi connectivity index (χ3v) is 8.45. The van der Waals surface area contributed by atoms with E-state index in [0.717, 1.165) is 11.1 Å². The fraction of sp³-hybridized carbons (Fsp3) is 0.643. The Hall–Kier alpha value is -3.29. The normalized spacial score (nSPS) is 26.8. The van der Waals surface area contributed by atoms with Crippen molar-refractivity contribution in [3.8, 4) is 17.1 Å². The van der Waals surface area contributed by atoms with Gasteiger partial charge in [0.25, 0.3) is 5.91 Å². The van der Waals surface area contributed by atoms with Gasteiger partial charge in [-0.1, -0.05) is 0 Å². The molecular weight excluding hydrogens is 563 g/mol. The number of amides is 2. The van der Waals surface area contributed by atoms with Crippen molar-refractivity contribution < 1.29 is 36.3 Å². The molecule has 3 aliphatic rings. The number of carbonyl (C=O) groups excluding carboxylic acids is 2. The zero-order valence-electron chi connectivity index (χ0n) is 23.7. The van der Waals surface area contributed by atoms with Crippen LogP contribution in [0.2, 0.25) is 0 Å².